The number of nitrogens with zero attached hydrogens (tertiary/aromatic N) is 2. The second kappa shape index (κ2) is 12.2. The number of hydrogen-bond donors (Lipinski definition) is 0. The molecule has 8 heteroatoms. The van der Waals surface area contributed by atoms with Crippen molar-refractivity contribution in [2.24, 2.45) is 0 Å². The summed E-state index contributed by atoms with van der Waals surface area (Å²) in [6.07, 6.45) is 5.12. The molecule has 1 aliphatic heterocycles. The number of carbonyl (C=O) groups is 1. The van der Waals surface area contributed by atoms with Gasteiger partial charge in [0.05, 0.1) is 33.9 Å². The highest BCUT2D eigenvalue weighted by Crippen LogP contribution is 2.28. The number of para-hydroxylation sites is 1. The zero-order valence-corrected chi connectivity index (χ0v) is 22.6. The Bertz CT molecular complexity index is 1440. The summed E-state index contributed by atoms with van der Waals surface area (Å²) >= 11 is 6.31. The van der Waals surface area contributed by atoms with Gasteiger partial charge in [-0.1, -0.05) is 96.6 Å². The lowest BCUT2D eigenvalue weighted by molar-refractivity contribution is 0.165. The third kappa shape index (κ3) is 6.36. The number of rotatable bonds is 10. The first-order valence-electron chi connectivity index (χ1n) is 12.1. The van der Waals surface area contributed by atoms with Crippen molar-refractivity contribution in [2.75, 3.05) is 17.5 Å². The van der Waals surface area contributed by atoms with Crippen LogP contribution < -0.4 is 4.31 Å². The first kappa shape index (κ1) is 27.2. The Hall–Kier alpha value is -3.81. The van der Waals surface area contributed by atoms with E-state index in [0.29, 0.717) is 17.8 Å². The largest absolute Gasteiger partial charge is 0.447 e. The zero-order valence-electron chi connectivity index (χ0n) is 21.0. The third-order valence-corrected chi connectivity index (χ3v) is 8.13. The molecule has 0 aromatic heterocycles. The van der Waals surface area contributed by atoms with Crippen LogP contribution in [0.4, 0.5) is 10.5 Å². The van der Waals surface area contributed by atoms with Crippen LogP contribution in [-0.2, 0) is 21.2 Å². The molecule has 6 nitrogen and oxygen atoms in total. The number of carbonyl (C=O) groups excluding carboxylic acids is 1. The molecule has 0 unspecified atom stereocenters. The van der Waals surface area contributed by atoms with Crippen LogP contribution in [0.2, 0.25) is 0 Å². The van der Waals surface area contributed by atoms with E-state index < -0.39 is 16.1 Å². The first-order valence-corrected chi connectivity index (χ1v) is 13.9. The van der Waals surface area contributed by atoms with Gasteiger partial charge >= 0.3 is 6.09 Å². The highest BCUT2D eigenvalue weighted by molar-refractivity contribution is 7.92. The molecule has 0 N–H and O–H groups in total. The molecule has 1 fully saturated rings. The number of sulfonamides is 1. The molecule has 1 aliphatic rings. The van der Waals surface area contributed by atoms with Gasteiger partial charge in [-0.2, -0.15) is 0 Å². The lowest BCUT2D eigenvalue weighted by atomic mass is 10.1. The standard InChI is InChI=1S/C30H29ClN2O4S/c1-23-16-18-28(19-17-23)38(35,36)32(26-13-7-4-8-14-26)20-10-9-15-29(24(2)31)33-27(22-37-30(33)34)21-25-11-5-3-6-12-25/h3-19,27H,2,20-22H2,1H3/b10-9+,29-15+/t27-/m1/s1. The Morgan fingerprint density at radius 3 is 2.32 bits per heavy atom. The number of benzene rings is 3. The van der Waals surface area contributed by atoms with E-state index in [-0.39, 0.29) is 29.1 Å². The lowest BCUT2D eigenvalue weighted by Crippen LogP contribution is -2.34. The SMILES string of the molecule is C=C(Cl)/C(=C\C=C\CN(c1ccccc1)S(=O)(=O)c1ccc(C)cc1)N1C(=O)OC[C@H]1Cc1ccccc1. The minimum absolute atomic E-state index is 0.0661. The maximum atomic E-state index is 13.5. The summed E-state index contributed by atoms with van der Waals surface area (Å²) in [4.78, 5) is 14.3. The van der Waals surface area contributed by atoms with Crippen LogP contribution >= 0.6 is 11.6 Å². The second-order valence-corrected chi connectivity index (χ2v) is 11.2. The van der Waals surface area contributed by atoms with E-state index in [9.17, 15) is 13.2 Å². The summed E-state index contributed by atoms with van der Waals surface area (Å²) in [5.41, 5.74) is 2.98. The molecule has 0 aliphatic carbocycles. The van der Waals surface area contributed by atoms with Crippen molar-refractivity contribution in [3.63, 3.8) is 0 Å². The van der Waals surface area contributed by atoms with E-state index in [0.717, 1.165) is 11.1 Å². The van der Waals surface area contributed by atoms with Crippen LogP contribution in [-0.4, -0.2) is 38.6 Å². The van der Waals surface area contributed by atoms with E-state index in [1.54, 1.807) is 66.8 Å². The van der Waals surface area contributed by atoms with E-state index in [1.807, 2.05) is 43.3 Å². The number of anilines is 1. The molecule has 0 spiro atoms. The van der Waals surface area contributed by atoms with Crippen LogP contribution in [0.5, 0.6) is 0 Å². The molecule has 0 saturated carbocycles. The molecular formula is C30H29ClN2O4S. The Balaban J connectivity index is 1.59. The number of cyclic esters (lactones) is 1. The Kier molecular flexibility index (Phi) is 8.71. The van der Waals surface area contributed by atoms with Crippen LogP contribution in [0.3, 0.4) is 0 Å². The van der Waals surface area contributed by atoms with Gasteiger partial charge in [0.2, 0.25) is 0 Å². The van der Waals surface area contributed by atoms with Crippen molar-refractivity contribution in [3.05, 3.63) is 132 Å². The van der Waals surface area contributed by atoms with Crippen molar-refractivity contribution in [2.45, 2.75) is 24.3 Å². The fourth-order valence-electron chi connectivity index (χ4n) is 4.18. The fourth-order valence-corrected chi connectivity index (χ4v) is 5.75. The van der Waals surface area contributed by atoms with Crippen LogP contribution in [0.1, 0.15) is 11.1 Å². The summed E-state index contributed by atoms with van der Waals surface area (Å²) < 4.78 is 33.7. The number of aryl methyl sites for hydroxylation is 1. The minimum atomic E-state index is -3.82. The molecule has 196 valence electrons. The monoisotopic (exact) mass is 548 g/mol. The predicted octanol–water partition coefficient (Wildman–Crippen LogP) is 6.45. The molecule has 0 radical (unpaired) electrons. The topological polar surface area (TPSA) is 66.9 Å². The van der Waals surface area contributed by atoms with Gasteiger partial charge < -0.3 is 4.74 Å². The summed E-state index contributed by atoms with van der Waals surface area (Å²) in [6, 6.07) is 25.2. The van der Waals surface area contributed by atoms with Gasteiger partial charge in [-0.05, 0) is 49.2 Å². The van der Waals surface area contributed by atoms with Crippen molar-refractivity contribution in [1.29, 1.82) is 0 Å². The summed E-state index contributed by atoms with van der Waals surface area (Å²) in [5.74, 6) is 0. The summed E-state index contributed by atoms with van der Waals surface area (Å²) in [7, 11) is -3.82. The molecule has 0 bridgehead atoms. The van der Waals surface area contributed by atoms with Gasteiger partial charge in [0.15, 0.2) is 0 Å². The van der Waals surface area contributed by atoms with Gasteiger partial charge in [-0.25, -0.2) is 13.2 Å². The number of hydrogen-bond acceptors (Lipinski definition) is 4. The maximum Gasteiger partial charge on any atom is 0.414 e. The van der Waals surface area contributed by atoms with Crippen LogP contribution in [0.15, 0.2) is 125 Å². The lowest BCUT2D eigenvalue weighted by Gasteiger charge is -2.24. The maximum absolute atomic E-state index is 13.5. The van der Waals surface area contributed by atoms with Gasteiger partial charge in [0.25, 0.3) is 10.0 Å². The molecule has 38 heavy (non-hydrogen) atoms. The van der Waals surface area contributed by atoms with Crippen LogP contribution in [0, 0.1) is 6.92 Å². The van der Waals surface area contributed by atoms with Gasteiger partial charge in [-0.3, -0.25) is 9.21 Å². The van der Waals surface area contributed by atoms with E-state index >= 15 is 0 Å². The number of amides is 1. The van der Waals surface area contributed by atoms with Crippen LogP contribution in [0.25, 0.3) is 0 Å². The number of ether oxygens (including phenoxy) is 1. The Morgan fingerprint density at radius 1 is 1.05 bits per heavy atom. The highest BCUT2D eigenvalue weighted by Gasteiger charge is 2.36. The summed E-state index contributed by atoms with van der Waals surface area (Å²) in [6.45, 7) is 6.03. The molecule has 4 rings (SSSR count). The van der Waals surface area contributed by atoms with Crippen molar-refractivity contribution in [1.82, 2.24) is 4.90 Å². The van der Waals surface area contributed by atoms with Gasteiger partial charge in [0.1, 0.15) is 6.61 Å². The normalized spacial score (nSPS) is 16.1. The zero-order chi connectivity index (χ0) is 27.1. The van der Waals surface area contributed by atoms with Gasteiger partial charge in [0, 0.05) is 0 Å². The van der Waals surface area contributed by atoms with Gasteiger partial charge in [-0.15, -0.1) is 0 Å². The first-order chi connectivity index (χ1) is 18.3. The Morgan fingerprint density at radius 2 is 1.68 bits per heavy atom. The molecular weight excluding hydrogens is 520 g/mol. The van der Waals surface area contributed by atoms with Crippen molar-refractivity contribution < 1.29 is 17.9 Å². The van der Waals surface area contributed by atoms with E-state index in [2.05, 4.69) is 6.58 Å². The third-order valence-electron chi connectivity index (χ3n) is 6.13. The molecule has 1 saturated heterocycles. The van der Waals surface area contributed by atoms with E-state index in [4.69, 9.17) is 16.3 Å². The highest BCUT2D eigenvalue weighted by atomic mass is 35.5. The predicted molar refractivity (Wildman–Crippen MR) is 151 cm³/mol. The fraction of sp³-hybridized carbons (Fsp3) is 0.167. The molecule has 1 amide bonds. The summed E-state index contributed by atoms with van der Waals surface area (Å²) in [5, 5.41) is 0.179. The number of halogens is 1. The Labute approximate surface area is 229 Å². The molecule has 1 heterocycles. The second-order valence-electron chi connectivity index (χ2n) is 8.86. The minimum Gasteiger partial charge on any atom is -0.447 e. The average molecular weight is 549 g/mol. The van der Waals surface area contributed by atoms with Crippen molar-refractivity contribution in [3.8, 4) is 0 Å². The van der Waals surface area contributed by atoms with E-state index in [1.165, 1.54) is 9.21 Å². The van der Waals surface area contributed by atoms with Crippen molar-refractivity contribution >= 4 is 33.4 Å². The quantitative estimate of drug-likeness (QED) is 0.273. The average Bonchev–Trinajstić information content (AvgIpc) is 3.26. The number of allylic oxidation sites excluding steroid dienone is 3. The molecule has 1 atom stereocenters. The molecule has 3 aromatic rings. The smallest absolute Gasteiger partial charge is 0.414 e. The molecule has 3 aromatic carbocycles.